The quantitative estimate of drug-likeness (QED) is 0.817. The SMILES string of the molecule is Br.C[C@H](C[C@H](N)Cc1ccc(-c2ccccc2)cc1)C(=O)O. The van der Waals surface area contributed by atoms with E-state index in [0.717, 1.165) is 5.56 Å². The smallest absolute Gasteiger partial charge is 0.306 e. The fourth-order valence-corrected chi connectivity index (χ4v) is 2.40. The molecule has 0 aliphatic rings. The molecule has 3 N–H and O–H groups in total. The summed E-state index contributed by atoms with van der Waals surface area (Å²) in [7, 11) is 0. The lowest BCUT2D eigenvalue weighted by molar-refractivity contribution is -0.141. The molecule has 0 aliphatic heterocycles. The van der Waals surface area contributed by atoms with Crippen LogP contribution in [0, 0.1) is 5.92 Å². The van der Waals surface area contributed by atoms with Gasteiger partial charge in [-0.3, -0.25) is 4.79 Å². The zero-order valence-electron chi connectivity index (χ0n) is 12.6. The van der Waals surface area contributed by atoms with Gasteiger partial charge in [0.1, 0.15) is 0 Å². The Kier molecular flexibility index (Phi) is 7.28. The fourth-order valence-electron chi connectivity index (χ4n) is 2.40. The molecule has 0 unspecified atom stereocenters. The number of nitrogens with two attached hydrogens (primary N) is 1. The van der Waals surface area contributed by atoms with E-state index in [4.69, 9.17) is 10.8 Å². The zero-order valence-corrected chi connectivity index (χ0v) is 14.3. The van der Waals surface area contributed by atoms with Gasteiger partial charge in [-0.1, -0.05) is 61.5 Å². The monoisotopic (exact) mass is 363 g/mol. The molecule has 0 saturated carbocycles. The van der Waals surface area contributed by atoms with Crippen molar-refractivity contribution in [3.05, 3.63) is 60.2 Å². The largest absolute Gasteiger partial charge is 0.481 e. The molecule has 4 heteroatoms. The average molecular weight is 364 g/mol. The molecule has 0 heterocycles. The molecule has 2 atom stereocenters. The predicted octanol–water partition coefficient (Wildman–Crippen LogP) is 3.91. The van der Waals surface area contributed by atoms with E-state index in [0.29, 0.717) is 12.8 Å². The van der Waals surface area contributed by atoms with Gasteiger partial charge in [-0.2, -0.15) is 0 Å². The zero-order chi connectivity index (χ0) is 15.2. The lowest BCUT2D eigenvalue weighted by Crippen LogP contribution is -2.28. The molecule has 3 nitrogen and oxygen atoms in total. The van der Waals surface area contributed by atoms with Crippen molar-refractivity contribution in [2.75, 3.05) is 0 Å². The van der Waals surface area contributed by atoms with Crippen molar-refractivity contribution in [3.63, 3.8) is 0 Å². The first kappa shape index (κ1) is 18.4. The van der Waals surface area contributed by atoms with E-state index in [1.165, 1.54) is 11.1 Å². The number of benzene rings is 2. The van der Waals surface area contributed by atoms with E-state index in [2.05, 4.69) is 36.4 Å². The van der Waals surface area contributed by atoms with Crippen LogP contribution in [0.5, 0.6) is 0 Å². The number of carboxylic acids is 1. The molecule has 0 aromatic heterocycles. The highest BCUT2D eigenvalue weighted by Crippen LogP contribution is 2.20. The van der Waals surface area contributed by atoms with Crippen LogP contribution >= 0.6 is 17.0 Å². The molecule has 0 aliphatic carbocycles. The average Bonchev–Trinajstić information content (AvgIpc) is 2.48. The number of hydrogen-bond donors (Lipinski definition) is 2. The van der Waals surface area contributed by atoms with Gasteiger partial charge in [-0.05, 0) is 29.5 Å². The molecule has 2 aromatic rings. The van der Waals surface area contributed by atoms with Gasteiger partial charge in [0.05, 0.1) is 5.92 Å². The number of hydrogen-bond acceptors (Lipinski definition) is 2. The van der Waals surface area contributed by atoms with Crippen LogP contribution in [0.3, 0.4) is 0 Å². The van der Waals surface area contributed by atoms with Gasteiger partial charge in [0, 0.05) is 6.04 Å². The third-order valence-corrected chi connectivity index (χ3v) is 3.64. The predicted molar refractivity (Wildman–Crippen MR) is 95.3 cm³/mol. The van der Waals surface area contributed by atoms with Gasteiger partial charge >= 0.3 is 5.97 Å². The molecule has 0 amide bonds. The number of carboxylic acid groups (broad SMARTS) is 1. The Morgan fingerprint density at radius 3 is 2.14 bits per heavy atom. The van der Waals surface area contributed by atoms with E-state index < -0.39 is 11.9 Å². The lowest BCUT2D eigenvalue weighted by Gasteiger charge is -2.14. The van der Waals surface area contributed by atoms with E-state index in [1.54, 1.807) is 6.92 Å². The van der Waals surface area contributed by atoms with Crippen molar-refractivity contribution in [1.82, 2.24) is 0 Å². The van der Waals surface area contributed by atoms with Crippen LogP contribution in [-0.2, 0) is 11.2 Å². The second-order valence-electron chi connectivity index (χ2n) is 5.50. The molecular formula is C18H22BrNO2. The minimum absolute atomic E-state index is 0. The van der Waals surface area contributed by atoms with Gasteiger partial charge < -0.3 is 10.8 Å². The van der Waals surface area contributed by atoms with Crippen LogP contribution < -0.4 is 5.73 Å². The minimum Gasteiger partial charge on any atom is -0.481 e. The normalized spacial score (nSPS) is 13.0. The summed E-state index contributed by atoms with van der Waals surface area (Å²) in [5.74, 6) is -1.19. The second-order valence-corrected chi connectivity index (χ2v) is 5.50. The van der Waals surface area contributed by atoms with Crippen LogP contribution in [0.1, 0.15) is 18.9 Å². The molecule has 0 bridgehead atoms. The van der Waals surface area contributed by atoms with Crippen molar-refractivity contribution in [2.45, 2.75) is 25.8 Å². The molecule has 2 aromatic carbocycles. The first-order chi connectivity index (χ1) is 10.1. The van der Waals surface area contributed by atoms with Crippen LogP contribution in [0.15, 0.2) is 54.6 Å². The maximum Gasteiger partial charge on any atom is 0.306 e. The van der Waals surface area contributed by atoms with Crippen molar-refractivity contribution in [3.8, 4) is 11.1 Å². The van der Waals surface area contributed by atoms with Crippen molar-refractivity contribution in [1.29, 1.82) is 0 Å². The topological polar surface area (TPSA) is 63.3 Å². The Labute approximate surface area is 141 Å². The summed E-state index contributed by atoms with van der Waals surface area (Å²) in [6, 6.07) is 18.4. The summed E-state index contributed by atoms with van der Waals surface area (Å²) in [5.41, 5.74) is 9.53. The van der Waals surface area contributed by atoms with E-state index in [-0.39, 0.29) is 23.0 Å². The van der Waals surface area contributed by atoms with E-state index in [9.17, 15) is 4.79 Å². The summed E-state index contributed by atoms with van der Waals surface area (Å²) in [6.07, 6.45) is 1.20. The molecule has 0 saturated heterocycles. The first-order valence-electron chi connectivity index (χ1n) is 7.19. The Bertz CT molecular complexity index is 584. The number of rotatable bonds is 6. The summed E-state index contributed by atoms with van der Waals surface area (Å²) in [5, 5.41) is 8.90. The maximum absolute atomic E-state index is 10.8. The second kappa shape index (κ2) is 8.71. The van der Waals surface area contributed by atoms with Crippen LogP contribution in [0.4, 0.5) is 0 Å². The molecule has 0 radical (unpaired) electrons. The van der Waals surface area contributed by atoms with Crippen LogP contribution in [0.25, 0.3) is 11.1 Å². The third-order valence-electron chi connectivity index (χ3n) is 3.64. The summed E-state index contributed by atoms with van der Waals surface area (Å²) in [6.45, 7) is 1.70. The van der Waals surface area contributed by atoms with Crippen LogP contribution in [0.2, 0.25) is 0 Å². The first-order valence-corrected chi connectivity index (χ1v) is 7.19. The van der Waals surface area contributed by atoms with E-state index >= 15 is 0 Å². The number of carbonyl (C=O) groups is 1. The highest BCUT2D eigenvalue weighted by molar-refractivity contribution is 8.93. The molecular weight excluding hydrogens is 342 g/mol. The highest BCUT2D eigenvalue weighted by atomic mass is 79.9. The van der Waals surface area contributed by atoms with Crippen molar-refractivity contribution < 1.29 is 9.90 Å². The van der Waals surface area contributed by atoms with E-state index in [1.807, 2.05) is 18.2 Å². The third kappa shape index (κ3) is 5.28. The Hall–Kier alpha value is -1.65. The molecule has 0 fully saturated rings. The Morgan fingerprint density at radius 2 is 1.59 bits per heavy atom. The molecule has 22 heavy (non-hydrogen) atoms. The summed E-state index contributed by atoms with van der Waals surface area (Å²) < 4.78 is 0. The summed E-state index contributed by atoms with van der Waals surface area (Å²) >= 11 is 0. The van der Waals surface area contributed by atoms with Crippen LogP contribution in [-0.4, -0.2) is 17.1 Å². The highest BCUT2D eigenvalue weighted by Gasteiger charge is 2.15. The van der Waals surface area contributed by atoms with Gasteiger partial charge in [0.25, 0.3) is 0 Å². The maximum atomic E-state index is 10.8. The fraction of sp³-hybridized carbons (Fsp3) is 0.278. The molecule has 0 spiro atoms. The van der Waals surface area contributed by atoms with Crippen molar-refractivity contribution >= 4 is 23.0 Å². The lowest BCUT2D eigenvalue weighted by atomic mass is 9.96. The number of halogens is 1. The Balaban J connectivity index is 0.00000242. The van der Waals surface area contributed by atoms with Gasteiger partial charge in [-0.15, -0.1) is 17.0 Å². The van der Waals surface area contributed by atoms with Gasteiger partial charge in [0.2, 0.25) is 0 Å². The molecule has 2 rings (SSSR count). The molecule has 118 valence electrons. The Morgan fingerprint density at radius 1 is 1.05 bits per heavy atom. The number of aliphatic carboxylic acids is 1. The van der Waals surface area contributed by atoms with Gasteiger partial charge in [-0.25, -0.2) is 0 Å². The minimum atomic E-state index is -0.787. The van der Waals surface area contributed by atoms with Crippen molar-refractivity contribution in [2.24, 2.45) is 11.7 Å². The standard InChI is InChI=1S/C18H21NO2.BrH/c1-13(18(20)21)11-17(19)12-14-7-9-16(10-8-14)15-5-3-2-4-6-15;/h2-10,13,17H,11-12,19H2,1H3,(H,20,21);1H/t13-,17+;/m1./s1. The van der Waals surface area contributed by atoms with Gasteiger partial charge in [0.15, 0.2) is 0 Å². The summed E-state index contributed by atoms with van der Waals surface area (Å²) in [4.78, 5) is 10.8.